The van der Waals surface area contributed by atoms with Crippen molar-refractivity contribution < 1.29 is 9.53 Å². The minimum atomic E-state index is 0.137. The molecule has 138 valence electrons. The van der Waals surface area contributed by atoms with Crippen molar-refractivity contribution in [3.05, 3.63) is 0 Å². The molecule has 0 aromatic carbocycles. The van der Waals surface area contributed by atoms with E-state index in [1.54, 1.807) is 7.05 Å². The number of guanidine groups is 1. The first-order chi connectivity index (χ1) is 11.8. The number of amides is 1. The van der Waals surface area contributed by atoms with Gasteiger partial charge in [-0.25, -0.2) is 0 Å². The number of rotatable bonds is 10. The van der Waals surface area contributed by atoms with Crippen molar-refractivity contribution in [1.29, 1.82) is 0 Å². The maximum atomic E-state index is 11.9. The Morgan fingerprint density at radius 1 is 1.08 bits per heavy atom. The molecule has 0 saturated heterocycles. The summed E-state index contributed by atoms with van der Waals surface area (Å²) >= 11 is 0. The first-order valence-corrected chi connectivity index (χ1v) is 9.59. The number of hydrogen-bond acceptors (Lipinski definition) is 3. The molecule has 0 radical (unpaired) electrons. The van der Waals surface area contributed by atoms with E-state index in [2.05, 4.69) is 20.9 Å². The third-order valence-corrected chi connectivity index (χ3v) is 4.65. The summed E-state index contributed by atoms with van der Waals surface area (Å²) in [4.78, 5) is 16.1. The smallest absolute Gasteiger partial charge is 0.221 e. The molecule has 3 N–H and O–H groups in total. The van der Waals surface area contributed by atoms with Crippen LogP contribution in [-0.2, 0) is 9.53 Å². The molecule has 6 nitrogen and oxygen atoms in total. The van der Waals surface area contributed by atoms with Crippen LogP contribution in [-0.4, -0.2) is 51.3 Å². The standard InChI is InChI=1S/C18H34N4O2/c1-19-18(20-11-5-13-24-14-15-8-9-15)21-12-10-17(23)22-16-6-3-2-4-7-16/h15-16H,2-14H2,1H3,(H,22,23)(H2,19,20,21). The van der Waals surface area contributed by atoms with Crippen LogP contribution in [0.3, 0.4) is 0 Å². The average Bonchev–Trinajstić information content (AvgIpc) is 3.41. The summed E-state index contributed by atoms with van der Waals surface area (Å²) in [6.07, 6.45) is 10.2. The van der Waals surface area contributed by atoms with Crippen LogP contribution in [0.5, 0.6) is 0 Å². The first kappa shape index (κ1) is 19.0. The van der Waals surface area contributed by atoms with Crippen LogP contribution in [0.15, 0.2) is 4.99 Å². The molecule has 2 aliphatic rings. The number of ether oxygens (including phenoxy) is 1. The molecule has 2 saturated carbocycles. The third-order valence-electron chi connectivity index (χ3n) is 4.65. The predicted octanol–water partition coefficient (Wildman–Crippen LogP) is 1.81. The van der Waals surface area contributed by atoms with E-state index in [1.807, 2.05) is 0 Å². The Morgan fingerprint density at radius 3 is 2.54 bits per heavy atom. The Kier molecular flexibility index (Phi) is 8.95. The van der Waals surface area contributed by atoms with E-state index in [0.717, 1.165) is 50.9 Å². The van der Waals surface area contributed by atoms with Gasteiger partial charge in [-0.2, -0.15) is 0 Å². The summed E-state index contributed by atoms with van der Waals surface area (Å²) in [6.45, 7) is 3.16. The Balaban J connectivity index is 1.45. The molecular formula is C18H34N4O2. The fraction of sp³-hybridized carbons (Fsp3) is 0.889. The summed E-state index contributed by atoms with van der Waals surface area (Å²) in [6, 6.07) is 0.388. The highest BCUT2D eigenvalue weighted by Gasteiger charge is 2.20. The maximum Gasteiger partial charge on any atom is 0.221 e. The Labute approximate surface area is 146 Å². The van der Waals surface area contributed by atoms with Crippen molar-refractivity contribution in [2.75, 3.05) is 33.4 Å². The van der Waals surface area contributed by atoms with Gasteiger partial charge < -0.3 is 20.7 Å². The topological polar surface area (TPSA) is 74.8 Å². The van der Waals surface area contributed by atoms with E-state index in [4.69, 9.17) is 4.74 Å². The van der Waals surface area contributed by atoms with Crippen LogP contribution in [0.4, 0.5) is 0 Å². The van der Waals surface area contributed by atoms with Crippen molar-refractivity contribution in [3.8, 4) is 0 Å². The highest BCUT2D eigenvalue weighted by molar-refractivity contribution is 5.81. The zero-order valence-electron chi connectivity index (χ0n) is 15.1. The summed E-state index contributed by atoms with van der Waals surface area (Å²) < 4.78 is 5.60. The number of hydrogen-bond donors (Lipinski definition) is 3. The molecule has 0 spiro atoms. The van der Waals surface area contributed by atoms with Crippen LogP contribution in [0, 0.1) is 5.92 Å². The van der Waals surface area contributed by atoms with E-state index in [-0.39, 0.29) is 5.91 Å². The van der Waals surface area contributed by atoms with Gasteiger partial charge in [0.2, 0.25) is 5.91 Å². The minimum Gasteiger partial charge on any atom is -0.381 e. The largest absolute Gasteiger partial charge is 0.381 e. The molecular weight excluding hydrogens is 304 g/mol. The van der Waals surface area contributed by atoms with Crippen molar-refractivity contribution in [3.63, 3.8) is 0 Å². The molecule has 2 rings (SSSR count). The minimum absolute atomic E-state index is 0.137. The number of nitrogens with zero attached hydrogens (tertiary/aromatic N) is 1. The van der Waals surface area contributed by atoms with E-state index in [0.29, 0.717) is 19.0 Å². The molecule has 2 aliphatic carbocycles. The molecule has 0 aromatic rings. The van der Waals surface area contributed by atoms with E-state index >= 15 is 0 Å². The van der Waals surface area contributed by atoms with Gasteiger partial charge in [0.05, 0.1) is 0 Å². The normalized spacial score (nSPS) is 19.1. The molecule has 6 heteroatoms. The molecule has 0 aromatic heterocycles. The van der Waals surface area contributed by atoms with Gasteiger partial charge in [-0.15, -0.1) is 0 Å². The quantitative estimate of drug-likeness (QED) is 0.323. The van der Waals surface area contributed by atoms with Crippen LogP contribution < -0.4 is 16.0 Å². The van der Waals surface area contributed by atoms with Crippen LogP contribution in [0.2, 0.25) is 0 Å². The molecule has 24 heavy (non-hydrogen) atoms. The Hall–Kier alpha value is -1.30. The number of carbonyl (C=O) groups excluding carboxylic acids is 1. The van der Waals surface area contributed by atoms with Gasteiger partial charge in [-0.05, 0) is 38.0 Å². The van der Waals surface area contributed by atoms with Crippen molar-refractivity contribution in [2.45, 2.75) is 63.8 Å². The molecule has 0 aliphatic heterocycles. The highest BCUT2D eigenvalue weighted by atomic mass is 16.5. The second-order valence-corrected chi connectivity index (χ2v) is 6.95. The zero-order chi connectivity index (χ0) is 17.0. The van der Waals surface area contributed by atoms with Gasteiger partial charge in [0.25, 0.3) is 0 Å². The van der Waals surface area contributed by atoms with Crippen molar-refractivity contribution in [2.24, 2.45) is 10.9 Å². The molecule has 0 heterocycles. The predicted molar refractivity (Wildman–Crippen MR) is 97.2 cm³/mol. The third kappa shape index (κ3) is 8.52. The molecule has 1 amide bonds. The summed E-state index contributed by atoms with van der Waals surface area (Å²) in [5, 5.41) is 9.58. The Bertz CT molecular complexity index is 390. The van der Waals surface area contributed by atoms with Gasteiger partial charge >= 0.3 is 0 Å². The second-order valence-electron chi connectivity index (χ2n) is 6.95. The average molecular weight is 338 g/mol. The fourth-order valence-corrected chi connectivity index (χ4v) is 2.98. The van der Waals surface area contributed by atoms with Crippen LogP contribution >= 0.6 is 0 Å². The van der Waals surface area contributed by atoms with E-state index < -0.39 is 0 Å². The monoisotopic (exact) mass is 338 g/mol. The summed E-state index contributed by atoms with van der Waals surface area (Å²) in [5.74, 6) is 1.72. The number of nitrogens with one attached hydrogen (secondary N) is 3. The highest BCUT2D eigenvalue weighted by Crippen LogP contribution is 2.28. The zero-order valence-corrected chi connectivity index (χ0v) is 15.1. The number of aliphatic imine (C=N–C) groups is 1. The molecule has 2 fully saturated rings. The van der Waals surface area contributed by atoms with Crippen LogP contribution in [0.25, 0.3) is 0 Å². The molecule has 0 bridgehead atoms. The van der Waals surface area contributed by atoms with Gasteiger partial charge in [-0.3, -0.25) is 9.79 Å². The molecule has 0 unspecified atom stereocenters. The van der Waals surface area contributed by atoms with Crippen molar-refractivity contribution >= 4 is 11.9 Å². The number of carbonyl (C=O) groups is 1. The van der Waals surface area contributed by atoms with E-state index in [1.165, 1.54) is 32.1 Å². The lowest BCUT2D eigenvalue weighted by Crippen LogP contribution is -2.41. The second kappa shape index (κ2) is 11.3. The van der Waals surface area contributed by atoms with Gasteiger partial charge in [0.1, 0.15) is 0 Å². The SMILES string of the molecule is CN=C(NCCCOCC1CC1)NCCC(=O)NC1CCCCC1. The van der Waals surface area contributed by atoms with Gasteiger partial charge in [-0.1, -0.05) is 19.3 Å². The molecule has 0 atom stereocenters. The summed E-state index contributed by atoms with van der Waals surface area (Å²) in [5.41, 5.74) is 0. The lowest BCUT2D eigenvalue weighted by molar-refractivity contribution is -0.121. The lowest BCUT2D eigenvalue weighted by atomic mass is 9.95. The lowest BCUT2D eigenvalue weighted by Gasteiger charge is -2.22. The first-order valence-electron chi connectivity index (χ1n) is 9.59. The van der Waals surface area contributed by atoms with Gasteiger partial charge in [0.15, 0.2) is 5.96 Å². The Morgan fingerprint density at radius 2 is 1.83 bits per heavy atom. The fourth-order valence-electron chi connectivity index (χ4n) is 2.98. The van der Waals surface area contributed by atoms with Crippen molar-refractivity contribution in [1.82, 2.24) is 16.0 Å². The van der Waals surface area contributed by atoms with Crippen LogP contribution in [0.1, 0.15) is 57.8 Å². The van der Waals surface area contributed by atoms with E-state index in [9.17, 15) is 4.79 Å². The van der Waals surface area contributed by atoms with Gasteiger partial charge in [0, 0.05) is 45.8 Å². The summed E-state index contributed by atoms with van der Waals surface area (Å²) in [7, 11) is 1.75. The maximum absolute atomic E-state index is 11.9.